The normalized spacial score (nSPS) is 13.1. The molecule has 0 spiro atoms. The number of carbonyl (C=O) groups excluding carboxylic acids is 2. The smallest absolute Gasteiger partial charge is 0.251 e. The van der Waals surface area contributed by atoms with Crippen molar-refractivity contribution in [2.75, 3.05) is 11.4 Å². The number of aromatic nitrogens is 1. The van der Waals surface area contributed by atoms with E-state index in [0.29, 0.717) is 18.5 Å². The van der Waals surface area contributed by atoms with Gasteiger partial charge >= 0.3 is 0 Å². The van der Waals surface area contributed by atoms with E-state index >= 15 is 0 Å². The predicted octanol–water partition coefficient (Wildman–Crippen LogP) is 2.31. The Morgan fingerprint density at radius 3 is 2.91 bits per heavy atom. The number of benzene rings is 1. The van der Waals surface area contributed by atoms with Crippen molar-refractivity contribution in [3.05, 3.63) is 59.4 Å². The SMILES string of the molecule is CCCN1C(=O)Cc2cc(C(=O)NCc3ccccn3)ccc21. The van der Waals surface area contributed by atoms with Crippen LogP contribution in [0.5, 0.6) is 0 Å². The van der Waals surface area contributed by atoms with E-state index in [-0.39, 0.29) is 11.8 Å². The van der Waals surface area contributed by atoms with Gasteiger partial charge in [-0.05, 0) is 42.3 Å². The van der Waals surface area contributed by atoms with Crippen molar-refractivity contribution in [2.24, 2.45) is 0 Å². The molecule has 2 aromatic rings. The van der Waals surface area contributed by atoms with Crippen molar-refractivity contribution in [1.29, 1.82) is 0 Å². The second kappa shape index (κ2) is 6.60. The van der Waals surface area contributed by atoms with E-state index < -0.39 is 0 Å². The fraction of sp³-hybridized carbons (Fsp3) is 0.278. The lowest BCUT2D eigenvalue weighted by molar-refractivity contribution is -0.117. The minimum absolute atomic E-state index is 0.105. The van der Waals surface area contributed by atoms with Crippen molar-refractivity contribution in [2.45, 2.75) is 26.3 Å². The second-order valence-electron chi connectivity index (χ2n) is 5.57. The molecule has 1 aromatic carbocycles. The number of nitrogens with zero attached hydrogens (tertiary/aromatic N) is 2. The molecule has 0 bridgehead atoms. The predicted molar refractivity (Wildman–Crippen MR) is 88.2 cm³/mol. The van der Waals surface area contributed by atoms with Crippen molar-refractivity contribution >= 4 is 17.5 Å². The van der Waals surface area contributed by atoms with E-state index in [1.54, 1.807) is 17.2 Å². The van der Waals surface area contributed by atoms with Crippen LogP contribution in [0.2, 0.25) is 0 Å². The Balaban J connectivity index is 1.71. The average molecular weight is 309 g/mol. The number of hydrogen-bond acceptors (Lipinski definition) is 3. The first-order valence-corrected chi connectivity index (χ1v) is 7.80. The number of rotatable bonds is 5. The average Bonchev–Trinajstić information content (AvgIpc) is 2.89. The Kier molecular flexibility index (Phi) is 4.37. The highest BCUT2D eigenvalue weighted by molar-refractivity contribution is 6.03. The topological polar surface area (TPSA) is 62.3 Å². The van der Waals surface area contributed by atoms with Crippen LogP contribution >= 0.6 is 0 Å². The summed E-state index contributed by atoms with van der Waals surface area (Å²) in [6, 6.07) is 11.0. The maximum atomic E-state index is 12.3. The van der Waals surface area contributed by atoms with Crippen molar-refractivity contribution < 1.29 is 9.59 Å². The van der Waals surface area contributed by atoms with Crippen LogP contribution in [0.3, 0.4) is 0 Å². The number of amides is 2. The first-order chi connectivity index (χ1) is 11.2. The fourth-order valence-electron chi connectivity index (χ4n) is 2.77. The fourth-order valence-corrected chi connectivity index (χ4v) is 2.77. The molecule has 5 heteroatoms. The van der Waals surface area contributed by atoms with Gasteiger partial charge in [0, 0.05) is 24.0 Å². The summed E-state index contributed by atoms with van der Waals surface area (Å²) in [5.41, 5.74) is 3.24. The van der Waals surface area contributed by atoms with Crippen LogP contribution in [-0.4, -0.2) is 23.3 Å². The third kappa shape index (κ3) is 3.23. The number of fused-ring (bicyclic) bond motifs is 1. The maximum absolute atomic E-state index is 12.3. The molecule has 5 nitrogen and oxygen atoms in total. The molecule has 0 saturated heterocycles. The number of carbonyl (C=O) groups is 2. The van der Waals surface area contributed by atoms with Crippen LogP contribution in [0.15, 0.2) is 42.6 Å². The van der Waals surface area contributed by atoms with E-state index in [1.165, 1.54) is 0 Å². The van der Waals surface area contributed by atoms with Gasteiger partial charge in [-0.1, -0.05) is 13.0 Å². The summed E-state index contributed by atoms with van der Waals surface area (Å²) in [5, 5.41) is 2.85. The summed E-state index contributed by atoms with van der Waals surface area (Å²) in [6.45, 7) is 3.15. The highest BCUT2D eigenvalue weighted by Gasteiger charge is 2.27. The van der Waals surface area contributed by atoms with E-state index in [0.717, 1.165) is 29.9 Å². The molecule has 23 heavy (non-hydrogen) atoms. The van der Waals surface area contributed by atoms with Crippen LogP contribution in [0.25, 0.3) is 0 Å². The van der Waals surface area contributed by atoms with Crippen LogP contribution in [0.1, 0.15) is 35.0 Å². The number of nitrogens with one attached hydrogen (secondary N) is 1. The molecule has 0 atom stereocenters. The molecule has 0 fully saturated rings. The first kappa shape index (κ1) is 15.2. The Bertz CT molecular complexity index is 728. The number of anilines is 1. The van der Waals surface area contributed by atoms with Gasteiger partial charge in [-0.25, -0.2) is 0 Å². The van der Waals surface area contributed by atoms with Gasteiger partial charge < -0.3 is 10.2 Å². The quantitative estimate of drug-likeness (QED) is 0.922. The Morgan fingerprint density at radius 1 is 1.30 bits per heavy atom. The first-order valence-electron chi connectivity index (χ1n) is 7.80. The highest BCUT2D eigenvalue weighted by atomic mass is 16.2. The molecule has 1 aliphatic rings. The van der Waals surface area contributed by atoms with E-state index in [2.05, 4.69) is 10.3 Å². The van der Waals surface area contributed by atoms with Gasteiger partial charge in [0.05, 0.1) is 18.7 Å². The van der Waals surface area contributed by atoms with E-state index in [4.69, 9.17) is 0 Å². The summed E-state index contributed by atoms with van der Waals surface area (Å²) in [4.78, 5) is 30.3. The lowest BCUT2D eigenvalue weighted by Gasteiger charge is -2.16. The minimum atomic E-state index is -0.153. The maximum Gasteiger partial charge on any atom is 0.251 e. The lowest BCUT2D eigenvalue weighted by Crippen LogP contribution is -2.27. The Labute approximate surface area is 135 Å². The third-order valence-electron chi connectivity index (χ3n) is 3.88. The molecule has 118 valence electrons. The van der Waals surface area contributed by atoms with Gasteiger partial charge in [0.2, 0.25) is 5.91 Å². The molecular weight excluding hydrogens is 290 g/mol. The van der Waals surface area contributed by atoms with Crippen LogP contribution in [0.4, 0.5) is 5.69 Å². The van der Waals surface area contributed by atoms with Crippen molar-refractivity contribution in [1.82, 2.24) is 10.3 Å². The summed E-state index contributed by atoms with van der Waals surface area (Å²) >= 11 is 0. The van der Waals surface area contributed by atoms with Gasteiger partial charge in [0.1, 0.15) is 0 Å². The summed E-state index contributed by atoms with van der Waals surface area (Å²) in [5.74, 6) is -0.0484. The van der Waals surface area contributed by atoms with Gasteiger partial charge in [0.25, 0.3) is 5.91 Å². The van der Waals surface area contributed by atoms with Crippen LogP contribution < -0.4 is 10.2 Å². The van der Waals surface area contributed by atoms with E-state index in [9.17, 15) is 9.59 Å². The molecule has 1 aromatic heterocycles. The molecule has 0 saturated carbocycles. The van der Waals surface area contributed by atoms with Crippen molar-refractivity contribution in [3.63, 3.8) is 0 Å². The summed E-state index contributed by atoms with van der Waals surface area (Å²) in [7, 11) is 0. The second-order valence-corrected chi connectivity index (χ2v) is 5.57. The lowest BCUT2D eigenvalue weighted by atomic mass is 10.1. The zero-order valence-corrected chi connectivity index (χ0v) is 13.1. The standard InChI is InChI=1S/C18H19N3O2/c1-2-9-21-16-7-6-13(10-14(16)11-17(21)22)18(23)20-12-15-5-3-4-8-19-15/h3-8,10H,2,9,11-12H2,1H3,(H,20,23). The highest BCUT2D eigenvalue weighted by Crippen LogP contribution is 2.29. The molecule has 3 rings (SSSR count). The molecule has 2 heterocycles. The van der Waals surface area contributed by atoms with Crippen LogP contribution in [-0.2, 0) is 17.8 Å². The molecule has 2 amide bonds. The Morgan fingerprint density at radius 2 is 2.17 bits per heavy atom. The molecule has 1 N–H and O–H groups in total. The zero-order chi connectivity index (χ0) is 16.2. The van der Waals surface area contributed by atoms with Crippen LogP contribution in [0, 0.1) is 0 Å². The van der Waals surface area contributed by atoms with Gasteiger partial charge in [-0.15, -0.1) is 0 Å². The monoisotopic (exact) mass is 309 g/mol. The summed E-state index contributed by atoms with van der Waals surface area (Å²) < 4.78 is 0. The molecule has 0 aliphatic carbocycles. The van der Waals surface area contributed by atoms with Gasteiger partial charge in [0.15, 0.2) is 0 Å². The number of pyridine rings is 1. The van der Waals surface area contributed by atoms with Gasteiger partial charge in [-0.2, -0.15) is 0 Å². The Hall–Kier alpha value is -2.69. The zero-order valence-electron chi connectivity index (χ0n) is 13.1. The minimum Gasteiger partial charge on any atom is -0.346 e. The molecule has 0 unspecified atom stereocenters. The van der Waals surface area contributed by atoms with Crippen molar-refractivity contribution in [3.8, 4) is 0 Å². The largest absolute Gasteiger partial charge is 0.346 e. The molecule has 1 aliphatic heterocycles. The molecular formula is C18H19N3O2. The number of hydrogen-bond donors (Lipinski definition) is 1. The van der Waals surface area contributed by atoms with Gasteiger partial charge in [-0.3, -0.25) is 14.6 Å². The summed E-state index contributed by atoms with van der Waals surface area (Å²) in [6.07, 6.45) is 2.99. The van der Waals surface area contributed by atoms with E-state index in [1.807, 2.05) is 37.3 Å². The molecule has 0 radical (unpaired) electrons. The third-order valence-corrected chi connectivity index (χ3v) is 3.88.